The van der Waals surface area contributed by atoms with Crippen molar-refractivity contribution < 1.29 is 48.1 Å². The normalized spacial score (nSPS) is 10.4. The third-order valence-corrected chi connectivity index (χ3v) is 5.47. The van der Waals surface area contributed by atoms with Crippen molar-refractivity contribution in [2.45, 2.75) is 59.0 Å². The van der Waals surface area contributed by atoms with Gasteiger partial charge in [-0.05, 0) is 28.7 Å². The molecule has 0 amide bonds. The molecular weight excluding hydrogens is 527 g/mol. The van der Waals surface area contributed by atoms with E-state index in [0.29, 0.717) is 5.92 Å². The van der Waals surface area contributed by atoms with Gasteiger partial charge in [0.25, 0.3) is 0 Å². The minimum atomic E-state index is 0. The standard InChI is InChI=1S/C26H27.C2H6Si.2ClH.Zr/c1-4-5-9-19-14-22-16-21(18(2)3)17-26(25(22)15-19)24-13-8-11-20-10-6-7-12-23(20)24;1-3-2;;;/h6-8,10-18H,4-5,9H2,1-3H3;1-2H3;2*1H;/q-1;;;;+2/p-2. The minimum Gasteiger partial charge on any atom is -1.00 e. The van der Waals surface area contributed by atoms with Crippen LogP contribution in [0.4, 0.5) is 0 Å². The van der Waals surface area contributed by atoms with Crippen LogP contribution in [-0.4, -0.2) is 5.43 Å². The summed E-state index contributed by atoms with van der Waals surface area (Å²) in [7, 11) is 0. The Hall–Kier alpha value is -0.790. The van der Waals surface area contributed by atoms with Gasteiger partial charge in [-0.1, -0.05) is 93.3 Å². The average Bonchev–Trinajstić information content (AvgIpc) is 3.13. The zero-order valence-corrected chi connectivity index (χ0v) is 24.8. The maximum absolute atomic E-state index is 2.42. The second-order valence-electron chi connectivity index (χ2n) is 8.72. The van der Waals surface area contributed by atoms with Gasteiger partial charge >= 0.3 is 41.9 Å². The van der Waals surface area contributed by atoms with Crippen LogP contribution in [0.15, 0.2) is 66.7 Å². The van der Waals surface area contributed by atoms with Gasteiger partial charge in [0.2, 0.25) is 0 Å². The maximum atomic E-state index is 2.42. The first-order chi connectivity index (χ1) is 14.4. The third kappa shape index (κ3) is 7.36. The van der Waals surface area contributed by atoms with Crippen LogP contribution in [0, 0.1) is 0 Å². The first kappa shape index (κ1) is 29.2. The van der Waals surface area contributed by atoms with Gasteiger partial charge in [0.15, 0.2) is 0 Å². The van der Waals surface area contributed by atoms with E-state index >= 15 is 0 Å². The molecule has 0 spiro atoms. The van der Waals surface area contributed by atoms with Crippen molar-refractivity contribution >= 4 is 27.0 Å². The number of aryl methyl sites for hydroxylation is 1. The molecule has 4 heteroatoms. The van der Waals surface area contributed by atoms with Gasteiger partial charge in [-0.15, -0.1) is 28.5 Å². The molecule has 32 heavy (non-hydrogen) atoms. The Morgan fingerprint density at radius 1 is 0.875 bits per heavy atom. The van der Waals surface area contributed by atoms with Crippen LogP contribution in [0.25, 0.3) is 32.7 Å². The summed E-state index contributed by atoms with van der Waals surface area (Å²) in [5.74, 6) is 0.530. The summed E-state index contributed by atoms with van der Waals surface area (Å²) in [5.41, 5.74) is 5.84. The molecule has 0 unspecified atom stereocenters. The molecule has 0 atom stereocenters. The summed E-state index contributed by atoms with van der Waals surface area (Å²) in [6.07, 6.45) is 3.68. The van der Waals surface area contributed by atoms with Crippen molar-refractivity contribution in [2.24, 2.45) is 0 Å². The molecular formula is C28H33Cl2SiZr-. The van der Waals surface area contributed by atoms with Gasteiger partial charge < -0.3 is 24.8 Å². The molecule has 0 radical (unpaired) electrons. The summed E-state index contributed by atoms with van der Waals surface area (Å²) in [4.78, 5) is 0. The SMILES string of the molecule is CCCCc1cc2c(-c3cccc4ccccc34)cc(C(C)C)cc2[cH-]1.C[Si](C)=[Zr+2].[Cl-].[Cl-]. The molecule has 0 aromatic heterocycles. The number of hydrogen-bond acceptors (Lipinski definition) is 0. The fraction of sp³-hybridized carbons (Fsp3) is 0.321. The first-order valence-corrected chi connectivity index (χ1v) is 17.3. The van der Waals surface area contributed by atoms with E-state index in [9.17, 15) is 0 Å². The van der Waals surface area contributed by atoms with Crippen molar-refractivity contribution in [3.63, 3.8) is 0 Å². The molecule has 0 heterocycles. The summed E-state index contributed by atoms with van der Waals surface area (Å²) in [5, 5.41) is 5.45. The number of unbranched alkanes of at least 4 members (excludes halogenated alkanes) is 1. The van der Waals surface area contributed by atoms with Crippen LogP contribution in [0.3, 0.4) is 0 Å². The van der Waals surface area contributed by atoms with E-state index in [-0.39, 0.29) is 30.2 Å². The van der Waals surface area contributed by atoms with E-state index in [4.69, 9.17) is 0 Å². The van der Waals surface area contributed by atoms with Crippen LogP contribution >= 0.6 is 0 Å². The molecule has 4 aromatic carbocycles. The smallest absolute Gasteiger partial charge is 1.00 e. The molecule has 0 N–H and O–H groups in total. The average molecular weight is 560 g/mol. The van der Waals surface area contributed by atoms with Gasteiger partial charge in [-0.3, -0.25) is 0 Å². The molecule has 0 nitrogen and oxygen atoms in total. The molecule has 0 saturated carbocycles. The summed E-state index contributed by atoms with van der Waals surface area (Å²) >= 11 is 1.74. The van der Waals surface area contributed by atoms with E-state index in [1.807, 2.05) is 0 Å². The molecule has 4 aromatic rings. The number of fused-ring (bicyclic) bond motifs is 2. The van der Waals surface area contributed by atoms with Crippen molar-refractivity contribution in [3.8, 4) is 11.1 Å². The fourth-order valence-electron chi connectivity index (χ4n) is 3.95. The number of benzene rings is 3. The van der Waals surface area contributed by atoms with E-state index in [2.05, 4.69) is 101 Å². The molecule has 0 aliphatic rings. The van der Waals surface area contributed by atoms with E-state index < -0.39 is 0 Å². The zero-order valence-electron chi connectivity index (χ0n) is 19.8. The van der Waals surface area contributed by atoms with Crippen molar-refractivity contribution in [2.75, 3.05) is 0 Å². The van der Waals surface area contributed by atoms with Crippen LogP contribution < -0.4 is 24.8 Å². The summed E-state index contributed by atoms with van der Waals surface area (Å²) in [6, 6.07) is 25.0. The fourth-order valence-corrected chi connectivity index (χ4v) is 3.95. The Morgan fingerprint density at radius 2 is 1.53 bits per heavy atom. The van der Waals surface area contributed by atoms with Gasteiger partial charge in [0, 0.05) is 0 Å². The van der Waals surface area contributed by atoms with Crippen LogP contribution in [-0.2, 0) is 29.8 Å². The third-order valence-electron chi connectivity index (χ3n) is 5.47. The van der Waals surface area contributed by atoms with Crippen molar-refractivity contribution in [1.82, 2.24) is 0 Å². The molecule has 0 saturated heterocycles. The minimum absolute atomic E-state index is 0. The number of halogens is 2. The van der Waals surface area contributed by atoms with E-state index in [1.54, 1.807) is 23.3 Å². The molecule has 4 rings (SSSR count). The maximum Gasteiger partial charge on any atom is -1.00 e. The Labute approximate surface area is 221 Å². The van der Waals surface area contributed by atoms with E-state index in [0.717, 1.165) is 0 Å². The number of rotatable bonds is 5. The van der Waals surface area contributed by atoms with Crippen molar-refractivity contribution in [3.05, 3.63) is 77.9 Å². The summed E-state index contributed by atoms with van der Waals surface area (Å²) in [6.45, 7) is 11.5. The second kappa shape index (κ2) is 13.8. The first-order valence-electron chi connectivity index (χ1n) is 11.1. The largest absolute Gasteiger partial charge is 1.00 e. The van der Waals surface area contributed by atoms with Gasteiger partial charge in [-0.25, -0.2) is 0 Å². The molecule has 168 valence electrons. The van der Waals surface area contributed by atoms with Gasteiger partial charge in [-0.2, -0.15) is 6.07 Å². The van der Waals surface area contributed by atoms with Crippen LogP contribution in [0.1, 0.15) is 50.7 Å². The van der Waals surface area contributed by atoms with Gasteiger partial charge in [0.1, 0.15) is 0 Å². The van der Waals surface area contributed by atoms with E-state index in [1.165, 1.54) is 63.1 Å². The van der Waals surface area contributed by atoms with Crippen LogP contribution in [0.5, 0.6) is 0 Å². The predicted octanol–water partition coefficient (Wildman–Crippen LogP) is 2.64. The Bertz CT molecular complexity index is 1150. The predicted molar refractivity (Wildman–Crippen MR) is 133 cm³/mol. The Balaban J connectivity index is 0.000000790. The quantitative estimate of drug-likeness (QED) is 0.261. The molecule has 0 bridgehead atoms. The molecule has 0 fully saturated rings. The molecule has 0 aliphatic carbocycles. The monoisotopic (exact) mass is 557 g/mol. The molecule has 0 aliphatic heterocycles. The van der Waals surface area contributed by atoms with Crippen molar-refractivity contribution in [1.29, 1.82) is 0 Å². The Morgan fingerprint density at radius 3 is 2.19 bits per heavy atom. The second-order valence-corrected chi connectivity index (χ2v) is 18.1. The summed E-state index contributed by atoms with van der Waals surface area (Å²) < 4.78 is 0. The number of hydrogen-bond donors (Lipinski definition) is 0. The topological polar surface area (TPSA) is 0 Å². The zero-order chi connectivity index (χ0) is 21.7. The van der Waals surface area contributed by atoms with Gasteiger partial charge in [0.05, 0.1) is 0 Å². The Kier molecular flexibility index (Phi) is 12.6. The van der Waals surface area contributed by atoms with Crippen LogP contribution in [0.2, 0.25) is 13.1 Å².